The minimum Gasteiger partial charge on any atom is -0.480 e. The van der Waals surface area contributed by atoms with Gasteiger partial charge in [0.05, 0.1) is 5.37 Å². The third-order valence-electron chi connectivity index (χ3n) is 3.01. The highest BCUT2D eigenvalue weighted by atomic mass is 32.2. The lowest BCUT2D eigenvalue weighted by Crippen LogP contribution is -2.46. The Kier molecular flexibility index (Phi) is 3.99. The number of benzene rings is 1. The van der Waals surface area contributed by atoms with Gasteiger partial charge in [-0.05, 0) is 31.5 Å². The Hall–Kier alpha value is -1.69. The van der Waals surface area contributed by atoms with Crippen LogP contribution in [-0.4, -0.2) is 39.2 Å². The number of nitrogens with one attached hydrogen (secondary N) is 1. The molecule has 0 aliphatic carbocycles. The summed E-state index contributed by atoms with van der Waals surface area (Å²) >= 11 is 1.47. The molecule has 1 aromatic carbocycles. The molecule has 1 aliphatic heterocycles. The molecule has 102 valence electrons. The Bertz CT molecular complexity index is 506. The highest BCUT2D eigenvalue weighted by Crippen LogP contribution is 2.29. The molecule has 2 rings (SSSR count). The molecular formula is C13H16N2O3S. The molecule has 2 amide bonds. The summed E-state index contributed by atoms with van der Waals surface area (Å²) in [4.78, 5) is 24.7. The number of aryl methyl sites for hydroxylation is 1. The highest BCUT2D eigenvalue weighted by molar-refractivity contribution is 8.00. The van der Waals surface area contributed by atoms with Crippen LogP contribution in [0.4, 0.5) is 10.5 Å². The number of carbonyl (C=O) groups is 2. The maximum Gasteiger partial charge on any atom is 0.327 e. The number of hydrogen-bond acceptors (Lipinski definition) is 3. The predicted molar refractivity (Wildman–Crippen MR) is 75.4 cm³/mol. The third kappa shape index (κ3) is 3.01. The van der Waals surface area contributed by atoms with Crippen LogP contribution in [0, 0.1) is 6.92 Å². The van der Waals surface area contributed by atoms with Gasteiger partial charge in [0.25, 0.3) is 0 Å². The van der Waals surface area contributed by atoms with Gasteiger partial charge in [-0.3, -0.25) is 4.90 Å². The molecule has 1 saturated heterocycles. The fourth-order valence-corrected chi connectivity index (χ4v) is 3.22. The SMILES string of the molecule is Cc1cccc(NC(=O)N2C(C)SCC2C(=O)O)c1. The number of nitrogens with zero attached hydrogens (tertiary/aromatic N) is 1. The van der Waals surface area contributed by atoms with Gasteiger partial charge in [0.1, 0.15) is 6.04 Å². The van der Waals surface area contributed by atoms with Crippen LogP contribution in [0.25, 0.3) is 0 Å². The van der Waals surface area contributed by atoms with Crippen LogP contribution in [0.3, 0.4) is 0 Å². The number of urea groups is 1. The predicted octanol–water partition coefficient (Wildman–Crippen LogP) is 2.37. The van der Waals surface area contributed by atoms with Gasteiger partial charge in [0, 0.05) is 11.4 Å². The van der Waals surface area contributed by atoms with Crippen molar-refractivity contribution < 1.29 is 14.7 Å². The van der Waals surface area contributed by atoms with Crippen LogP contribution in [-0.2, 0) is 4.79 Å². The van der Waals surface area contributed by atoms with Crippen molar-refractivity contribution in [1.82, 2.24) is 4.90 Å². The minimum absolute atomic E-state index is 0.133. The molecule has 0 radical (unpaired) electrons. The van der Waals surface area contributed by atoms with Crippen molar-refractivity contribution in [2.24, 2.45) is 0 Å². The van der Waals surface area contributed by atoms with Crippen LogP contribution in [0.1, 0.15) is 12.5 Å². The molecule has 5 nitrogen and oxygen atoms in total. The Balaban J connectivity index is 2.12. The molecule has 1 aromatic rings. The van der Waals surface area contributed by atoms with E-state index in [1.807, 2.05) is 32.0 Å². The van der Waals surface area contributed by atoms with Gasteiger partial charge in [0.2, 0.25) is 0 Å². The zero-order valence-corrected chi connectivity index (χ0v) is 11.6. The zero-order chi connectivity index (χ0) is 14.0. The Morgan fingerprint density at radius 2 is 2.21 bits per heavy atom. The van der Waals surface area contributed by atoms with Crippen LogP contribution in [0.15, 0.2) is 24.3 Å². The van der Waals surface area contributed by atoms with E-state index in [2.05, 4.69) is 5.32 Å². The van der Waals surface area contributed by atoms with E-state index in [-0.39, 0.29) is 11.4 Å². The van der Waals surface area contributed by atoms with Gasteiger partial charge in [-0.25, -0.2) is 9.59 Å². The first kappa shape index (κ1) is 13.7. The van der Waals surface area contributed by atoms with E-state index in [0.29, 0.717) is 11.4 Å². The highest BCUT2D eigenvalue weighted by Gasteiger charge is 2.39. The number of carboxylic acid groups (broad SMARTS) is 1. The lowest BCUT2D eigenvalue weighted by Gasteiger charge is -2.25. The Morgan fingerprint density at radius 3 is 2.84 bits per heavy atom. The molecule has 0 saturated carbocycles. The molecule has 6 heteroatoms. The van der Waals surface area contributed by atoms with Crippen molar-refractivity contribution in [2.75, 3.05) is 11.1 Å². The van der Waals surface area contributed by atoms with E-state index in [1.165, 1.54) is 16.7 Å². The number of aliphatic carboxylic acids is 1. The van der Waals surface area contributed by atoms with E-state index in [9.17, 15) is 9.59 Å². The number of rotatable bonds is 2. The maximum atomic E-state index is 12.2. The quantitative estimate of drug-likeness (QED) is 0.872. The summed E-state index contributed by atoms with van der Waals surface area (Å²) in [6, 6.07) is 6.29. The lowest BCUT2D eigenvalue weighted by molar-refractivity contribution is -0.141. The number of carboxylic acids is 1. The molecule has 2 atom stereocenters. The lowest BCUT2D eigenvalue weighted by atomic mass is 10.2. The van der Waals surface area contributed by atoms with Crippen molar-refractivity contribution in [3.05, 3.63) is 29.8 Å². The summed E-state index contributed by atoms with van der Waals surface area (Å²) in [6.07, 6.45) is 0. The van der Waals surface area contributed by atoms with Crippen LogP contribution >= 0.6 is 11.8 Å². The number of carbonyl (C=O) groups excluding carboxylic acids is 1. The summed E-state index contributed by atoms with van der Waals surface area (Å²) in [5.41, 5.74) is 1.72. The monoisotopic (exact) mass is 280 g/mol. The fraction of sp³-hybridized carbons (Fsp3) is 0.385. The first-order valence-corrected chi connectivity index (χ1v) is 7.04. The molecule has 1 aliphatic rings. The number of hydrogen-bond donors (Lipinski definition) is 2. The molecular weight excluding hydrogens is 264 g/mol. The molecule has 0 aromatic heterocycles. The zero-order valence-electron chi connectivity index (χ0n) is 10.8. The first-order chi connectivity index (χ1) is 8.99. The first-order valence-electron chi connectivity index (χ1n) is 5.99. The number of amides is 2. The number of thioether (sulfide) groups is 1. The van der Waals surface area contributed by atoms with Gasteiger partial charge in [-0.2, -0.15) is 0 Å². The Morgan fingerprint density at radius 1 is 1.47 bits per heavy atom. The van der Waals surface area contributed by atoms with Crippen LogP contribution in [0.5, 0.6) is 0 Å². The van der Waals surface area contributed by atoms with Gasteiger partial charge >= 0.3 is 12.0 Å². The van der Waals surface area contributed by atoms with E-state index in [1.54, 1.807) is 6.07 Å². The largest absolute Gasteiger partial charge is 0.480 e. The average Bonchev–Trinajstić information content (AvgIpc) is 2.71. The summed E-state index contributed by atoms with van der Waals surface area (Å²) in [5.74, 6) is -0.534. The van der Waals surface area contributed by atoms with Crippen molar-refractivity contribution >= 4 is 29.4 Å². The fourth-order valence-electron chi connectivity index (χ4n) is 2.05. The molecule has 1 fully saturated rings. The molecule has 19 heavy (non-hydrogen) atoms. The summed E-state index contributed by atoms with van der Waals surface area (Å²) in [7, 11) is 0. The second kappa shape index (κ2) is 5.52. The smallest absolute Gasteiger partial charge is 0.327 e. The third-order valence-corrected chi connectivity index (χ3v) is 4.23. The van der Waals surface area contributed by atoms with E-state index in [0.717, 1.165) is 5.56 Å². The van der Waals surface area contributed by atoms with E-state index < -0.39 is 12.0 Å². The molecule has 1 heterocycles. The van der Waals surface area contributed by atoms with Crippen molar-refractivity contribution in [2.45, 2.75) is 25.3 Å². The van der Waals surface area contributed by atoms with Gasteiger partial charge in [0.15, 0.2) is 0 Å². The standard InChI is InChI=1S/C13H16N2O3S/c1-8-4-3-5-10(6-8)14-13(18)15-9(2)19-7-11(15)12(16)17/h3-6,9,11H,7H2,1-2H3,(H,14,18)(H,16,17). The van der Waals surface area contributed by atoms with Crippen LogP contribution in [0.2, 0.25) is 0 Å². The minimum atomic E-state index is -0.962. The second-order valence-electron chi connectivity index (χ2n) is 4.49. The maximum absolute atomic E-state index is 12.2. The molecule has 0 spiro atoms. The van der Waals surface area contributed by atoms with E-state index in [4.69, 9.17) is 5.11 Å². The molecule has 0 bridgehead atoms. The summed E-state index contributed by atoms with van der Waals surface area (Å²) < 4.78 is 0. The van der Waals surface area contributed by atoms with Crippen LogP contribution < -0.4 is 5.32 Å². The number of anilines is 1. The van der Waals surface area contributed by atoms with Gasteiger partial charge < -0.3 is 10.4 Å². The van der Waals surface area contributed by atoms with E-state index >= 15 is 0 Å². The summed E-state index contributed by atoms with van der Waals surface area (Å²) in [6.45, 7) is 3.77. The topological polar surface area (TPSA) is 69.6 Å². The molecule has 2 N–H and O–H groups in total. The summed E-state index contributed by atoms with van der Waals surface area (Å²) in [5, 5.41) is 11.7. The van der Waals surface area contributed by atoms with Gasteiger partial charge in [-0.1, -0.05) is 12.1 Å². The van der Waals surface area contributed by atoms with Crippen molar-refractivity contribution in [1.29, 1.82) is 0 Å². The normalized spacial score (nSPS) is 22.3. The second-order valence-corrected chi connectivity index (χ2v) is 5.84. The van der Waals surface area contributed by atoms with Crippen molar-refractivity contribution in [3.63, 3.8) is 0 Å². The average molecular weight is 280 g/mol. The van der Waals surface area contributed by atoms with Crippen molar-refractivity contribution in [3.8, 4) is 0 Å². The Labute approximate surface area is 116 Å². The van der Waals surface area contributed by atoms with Gasteiger partial charge in [-0.15, -0.1) is 11.8 Å². The molecule has 2 unspecified atom stereocenters.